The molecule has 0 aromatic heterocycles. The zero-order chi connectivity index (χ0) is 20.1. The summed E-state index contributed by atoms with van der Waals surface area (Å²) in [6, 6.07) is 13.1. The molecule has 6 heteroatoms. The quantitative estimate of drug-likeness (QED) is 0.794. The van der Waals surface area contributed by atoms with E-state index in [1.807, 2.05) is 13.0 Å². The maximum Gasteiger partial charge on any atom is 0.241 e. The van der Waals surface area contributed by atoms with Crippen LogP contribution in [0.2, 0.25) is 0 Å². The molecule has 0 spiro atoms. The normalized spacial score (nSPS) is 16.2. The molecular formula is C22H25NO4S. The summed E-state index contributed by atoms with van der Waals surface area (Å²) < 4.78 is 34.0. The first-order chi connectivity index (χ1) is 13.4. The van der Waals surface area contributed by atoms with Crippen LogP contribution in [0, 0.1) is 6.92 Å². The maximum absolute atomic E-state index is 13.0. The standard InChI is InChI=1S/C22H25NO4S/c1-16-8-14-19(15-9-16)28(25,26)23-22(17-10-12-18(27-2)13-11-17)20-6-4-3-5-7-21(20)24/h6,8-15,22-23H,3-5,7H2,1-2H3. The van der Waals surface area contributed by atoms with Gasteiger partial charge in [-0.3, -0.25) is 4.79 Å². The first kappa shape index (κ1) is 20.3. The van der Waals surface area contributed by atoms with Crippen molar-refractivity contribution in [3.05, 3.63) is 71.3 Å². The molecular weight excluding hydrogens is 374 g/mol. The van der Waals surface area contributed by atoms with E-state index >= 15 is 0 Å². The van der Waals surface area contributed by atoms with Crippen LogP contribution in [0.1, 0.15) is 42.9 Å². The van der Waals surface area contributed by atoms with Crippen LogP contribution in [-0.2, 0) is 14.8 Å². The van der Waals surface area contributed by atoms with E-state index in [1.165, 1.54) is 0 Å². The number of hydrogen-bond donors (Lipinski definition) is 1. The van der Waals surface area contributed by atoms with Gasteiger partial charge in [0.05, 0.1) is 18.0 Å². The van der Waals surface area contributed by atoms with Gasteiger partial charge < -0.3 is 4.74 Å². The zero-order valence-corrected chi connectivity index (χ0v) is 17.0. The zero-order valence-electron chi connectivity index (χ0n) is 16.1. The second-order valence-electron chi connectivity index (χ2n) is 6.97. The van der Waals surface area contributed by atoms with E-state index in [1.54, 1.807) is 55.6 Å². The number of allylic oxidation sites excluding steroid dienone is 1. The molecule has 0 aliphatic heterocycles. The summed E-state index contributed by atoms with van der Waals surface area (Å²) in [6.07, 6.45) is 4.82. The third kappa shape index (κ3) is 4.69. The van der Waals surface area contributed by atoms with Crippen molar-refractivity contribution in [2.45, 2.75) is 43.5 Å². The minimum atomic E-state index is -3.80. The Labute approximate surface area is 166 Å². The van der Waals surface area contributed by atoms with E-state index in [0.29, 0.717) is 23.3 Å². The SMILES string of the molecule is COc1ccc(C(NS(=O)(=O)c2ccc(C)cc2)C2=CCCCCC2=O)cc1. The molecule has 5 nitrogen and oxygen atoms in total. The van der Waals surface area contributed by atoms with Crippen molar-refractivity contribution in [3.8, 4) is 5.75 Å². The van der Waals surface area contributed by atoms with Crippen LogP contribution in [0.5, 0.6) is 5.75 Å². The van der Waals surface area contributed by atoms with Crippen molar-refractivity contribution in [2.75, 3.05) is 7.11 Å². The lowest BCUT2D eigenvalue weighted by Gasteiger charge is -2.22. The number of carbonyl (C=O) groups excluding carboxylic acids is 1. The molecule has 2 aromatic rings. The summed E-state index contributed by atoms with van der Waals surface area (Å²) in [4.78, 5) is 12.9. The van der Waals surface area contributed by atoms with Gasteiger partial charge >= 0.3 is 0 Å². The molecule has 0 amide bonds. The molecule has 0 fully saturated rings. The predicted molar refractivity (Wildman–Crippen MR) is 109 cm³/mol. The molecule has 1 N–H and O–H groups in total. The van der Waals surface area contributed by atoms with Gasteiger partial charge in [0.1, 0.15) is 5.75 Å². The number of Topliss-reactive ketones (excluding diaryl/α,β-unsaturated/α-hetero) is 1. The van der Waals surface area contributed by atoms with Crippen LogP contribution >= 0.6 is 0 Å². The molecule has 1 atom stereocenters. The van der Waals surface area contributed by atoms with Crippen molar-refractivity contribution in [1.29, 1.82) is 0 Å². The molecule has 1 unspecified atom stereocenters. The number of carbonyl (C=O) groups is 1. The fourth-order valence-corrected chi connectivity index (χ4v) is 4.48. The lowest BCUT2D eigenvalue weighted by atomic mass is 9.95. The highest BCUT2D eigenvalue weighted by molar-refractivity contribution is 7.89. The van der Waals surface area contributed by atoms with Gasteiger partial charge in [-0.05, 0) is 56.0 Å². The molecule has 0 saturated heterocycles. The second-order valence-corrected chi connectivity index (χ2v) is 8.68. The van der Waals surface area contributed by atoms with Crippen molar-refractivity contribution in [1.82, 2.24) is 4.72 Å². The Hall–Kier alpha value is -2.44. The number of aryl methyl sites for hydroxylation is 1. The van der Waals surface area contributed by atoms with Gasteiger partial charge in [-0.15, -0.1) is 0 Å². The third-order valence-electron chi connectivity index (χ3n) is 4.91. The van der Waals surface area contributed by atoms with Crippen molar-refractivity contribution >= 4 is 15.8 Å². The molecule has 2 aromatic carbocycles. The molecule has 0 radical (unpaired) electrons. The Morgan fingerprint density at radius 2 is 1.68 bits per heavy atom. The highest BCUT2D eigenvalue weighted by atomic mass is 32.2. The second kappa shape index (κ2) is 8.71. The smallest absolute Gasteiger partial charge is 0.241 e. The van der Waals surface area contributed by atoms with E-state index in [-0.39, 0.29) is 10.7 Å². The molecule has 0 saturated carbocycles. The van der Waals surface area contributed by atoms with E-state index in [9.17, 15) is 13.2 Å². The van der Waals surface area contributed by atoms with Gasteiger partial charge in [0.25, 0.3) is 0 Å². The number of nitrogens with one attached hydrogen (secondary N) is 1. The summed E-state index contributed by atoms with van der Waals surface area (Å²) >= 11 is 0. The van der Waals surface area contributed by atoms with Crippen LogP contribution in [0.25, 0.3) is 0 Å². The molecule has 28 heavy (non-hydrogen) atoms. The van der Waals surface area contributed by atoms with Crippen molar-refractivity contribution in [3.63, 3.8) is 0 Å². The highest BCUT2D eigenvalue weighted by Gasteiger charge is 2.28. The predicted octanol–water partition coefficient (Wildman–Crippen LogP) is 4.09. The number of methoxy groups -OCH3 is 1. The van der Waals surface area contributed by atoms with Gasteiger partial charge in [-0.25, -0.2) is 8.42 Å². The first-order valence-electron chi connectivity index (χ1n) is 9.37. The number of ether oxygens (including phenoxy) is 1. The lowest BCUT2D eigenvalue weighted by Crippen LogP contribution is -2.32. The van der Waals surface area contributed by atoms with Crippen LogP contribution in [0.3, 0.4) is 0 Å². The fraction of sp³-hybridized carbons (Fsp3) is 0.318. The summed E-state index contributed by atoms with van der Waals surface area (Å²) in [5.74, 6) is 0.662. The summed E-state index contributed by atoms with van der Waals surface area (Å²) in [5, 5.41) is 0. The monoisotopic (exact) mass is 399 g/mol. The minimum Gasteiger partial charge on any atom is -0.497 e. The number of ketones is 1. The third-order valence-corrected chi connectivity index (χ3v) is 6.35. The van der Waals surface area contributed by atoms with Crippen LogP contribution < -0.4 is 9.46 Å². The van der Waals surface area contributed by atoms with Gasteiger partial charge in [-0.2, -0.15) is 4.72 Å². The molecule has 3 rings (SSSR count). The number of benzene rings is 2. The average molecular weight is 400 g/mol. The van der Waals surface area contributed by atoms with E-state index < -0.39 is 16.1 Å². The van der Waals surface area contributed by atoms with Crippen LogP contribution in [-0.4, -0.2) is 21.3 Å². The van der Waals surface area contributed by atoms with E-state index in [4.69, 9.17) is 4.74 Å². The summed E-state index contributed by atoms with van der Waals surface area (Å²) in [6.45, 7) is 1.90. The van der Waals surface area contributed by atoms with Gasteiger partial charge in [-0.1, -0.05) is 35.9 Å². The molecule has 1 aliphatic rings. The largest absolute Gasteiger partial charge is 0.497 e. The molecule has 1 aliphatic carbocycles. The van der Waals surface area contributed by atoms with Gasteiger partial charge in [0.2, 0.25) is 10.0 Å². The van der Waals surface area contributed by atoms with Crippen molar-refractivity contribution < 1.29 is 17.9 Å². The van der Waals surface area contributed by atoms with E-state index in [0.717, 1.165) is 24.8 Å². The maximum atomic E-state index is 13.0. The first-order valence-corrected chi connectivity index (χ1v) is 10.9. The molecule has 148 valence electrons. The van der Waals surface area contributed by atoms with Gasteiger partial charge in [0, 0.05) is 12.0 Å². The van der Waals surface area contributed by atoms with Crippen molar-refractivity contribution in [2.24, 2.45) is 0 Å². The Bertz CT molecular complexity index is 961. The highest BCUT2D eigenvalue weighted by Crippen LogP contribution is 2.30. The van der Waals surface area contributed by atoms with E-state index in [2.05, 4.69) is 4.72 Å². The Balaban J connectivity index is 2.01. The number of hydrogen-bond acceptors (Lipinski definition) is 4. The fourth-order valence-electron chi connectivity index (χ4n) is 3.27. The van der Waals surface area contributed by atoms with Crippen LogP contribution in [0.4, 0.5) is 0 Å². The topological polar surface area (TPSA) is 72.5 Å². The summed E-state index contributed by atoms with van der Waals surface area (Å²) in [7, 11) is -2.23. The lowest BCUT2D eigenvalue weighted by molar-refractivity contribution is -0.115. The Kier molecular flexibility index (Phi) is 6.31. The Morgan fingerprint density at radius 3 is 2.32 bits per heavy atom. The molecule has 0 heterocycles. The molecule has 0 bridgehead atoms. The number of sulfonamides is 1. The minimum absolute atomic E-state index is 0.00933. The average Bonchev–Trinajstić information content (AvgIpc) is 2.91. The number of rotatable bonds is 6. The Morgan fingerprint density at radius 1 is 1.00 bits per heavy atom. The summed E-state index contributed by atoms with van der Waals surface area (Å²) in [5.41, 5.74) is 2.20. The van der Waals surface area contributed by atoms with Crippen LogP contribution in [0.15, 0.2) is 65.1 Å². The van der Waals surface area contributed by atoms with Gasteiger partial charge in [0.15, 0.2) is 5.78 Å².